The third-order valence-electron chi connectivity index (χ3n) is 11.5. The van der Waals surface area contributed by atoms with E-state index in [-0.39, 0.29) is 13.4 Å². The largest absolute Gasteiger partial charge is 0.464 e. The second-order valence-corrected chi connectivity index (χ2v) is 16.8. The molecule has 266 valence electrons. The number of fused-ring (bicyclic) bond motifs is 8. The molecule has 0 radical (unpaired) electrons. The van der Waals surface area contributed by atoms with Gasteiger partial charge in [-0.15, -0.1) is 0 Å². The van der Waals surface area contributed by atoms with E-state index in [1.54, 1.807) is 6.20 Å². The molecule has 0 aliphatic carbocycles. The van der Waals surface area contributed by atoms with Gasteiger partial charge in [-0.25, -0.2) is 9.36 Å². The van der Waals surface area contributed by atoms with Crippen LogP contribution in [0.2, 0.25) is 0 Å². The van der Waals surface area contributed by atoms with Crippen molar-refractivity contribution in [2.45, 2.75) is 19.6 Å². The van der Waals surface area contributed by atoms with Crippen LogP contribution in [0.3, 0.4) is 0 Å². The zero-order valence-corrected chi connectivity index (χ0v) is 31.6. The van der Waals surface area contributed by atoms with E-state index in [4.69, 9.17) is 13.9 Å². The molecule has 57 heavy (non-hydrogen) atoms. The van der Waals surface area contributed by atoms with Crippen LogP contribution in [0, 0.1) is 0 Å². The summed E-state index contributed by atoms with van der Waals surface area (Å²) in [4.78, 5) is 5.18. The molecule has 4 aliphatic heterocycles. The first kappa shape index (κ1) is 31.6. The SMILES string of the molecule is c1cc2c3c(c1)Oc1ccc(-n4cccn4)cc1B3c1cc(-c3coc(-c4ccc5c(c4)B4c6cc(-n7cccn7)ccc6Sc6cccc(c64)S5)c3)ccc1O2. The van der Waals surface area contributed by atoms with Crippen LogP contribution in [0.4, 0.5) is 0 Å². The summed E-state index contributed by atoms with van der Waals surface area (Å²) in [7, 11) is 0. The number of aromatic nitrogens is 4. The maximum absolute atomic E-state index is 6.54. The van der Waals surface area contributed by atoms with Crippen LogP contribution in [-0.2, 0) is 0 Å². The zero-order chi connectivity index (χ0) is 37.2. The van der Waals surface area contributed by atoms with Crippen molar-refractivity contribution in [2.24, 2.45) is 0 Å². The van der Waals surface area contributed by atoms with Crippen LogP contribution >= 0.6 is 23.5 Å². The normalized spacial score (nSPS) is 13.7. The summed E-state index contributed by atoms with van der Waals surface area (Å²) >= 11 is 3.72. The van der Waals surface area contributed by atoms with Crippen molar-refractivity contribution in [3.8, 4) is 56.8 Å². The average Bonchev–Trinajstić information content (AvgIpc) is 4.08. The number of furan rings is 1. The van der Waals surface area contributed by atoms with Gasteiger partial charge in [0.2, 0.25) is 6.71 Å². The van der Waals surface area contributed by atoms with E-state index in [0.29, 0.717) is 0 Å². The van der Waals surface area contributed by atoms with Gasteiger partial charge in [-0.1, -0.05) is 70.8 Å². The topological polar surface area (TPSA) is 67.2 Å². The molecule has 7 nitrogen and oxygen atoms in total. The van der Waals surface area contributed by atoms with Crippen LogP contribution in [0.5, 0.6) is 23.0 Å². The predicted octanol–water partition coefficient (Wildman–Crippen LogP) is 7.16. The lowest BCUT2D eigenvalue weighted by Crippen LogP contribution is -2.58. The molecule has 0 amide bonds. The van der Waals surface area contributed by atoms with E-state index in [2.05, 4.69) is 95.1 Å². The van der Waals surface area contributed by atoms with Gasteiger partial charge in [-0.05, 0) is 113 Å². The van der Waals surface area contributed by atoms with Crippen LogP contribution < -0.4 is 42.3 Å². The summed E-state index contributed by atoms with van der Waals surface area (Å²) in [6, 6.07) is 45.0. The van der Waals surface area contributed by atoms with E-state index >= 15 is 0 Å². The van der Waals surface area contributed by atoms with Gasteiger partial charge in [0.1, 0.15) is 28.8 Å². The first-order valence-electron chi connectivity index (χ1n) is 18.8. The molecule has 11 heteroatoms. The van der Waals surface area contributed by atoms with E-state index in [1.165, 1.54) is 36.0 Å². The first-order chi connectivity index (χ1) is 28.2. The molecule has 0 atom stereocenters. The number of ether oxygens (including phenoxy) is 2. The fourth-order valence-corrected chi connectivity index (χ4v) is 11.3. The lowest BCUT2D eigenvalue weighted by molar-refractivity contribution is 0.464. The molecule has 7 heterocycles. The van der Waals surface area contributed by atoms with Crippen LogP contribution in [-0.4, -0.2) is 33.0 Å². The Kier molecular flexibility index (Phi) is 6.65. The molecular formula is C46H26B2N4O3S2. The second kappa shape index (κ2) is 12.0. The number of hydrogen-bond donors (Lipinski definition) is 0. The van der Waals surface area contributed by atoms with Gasteiger partial charge in [0.15, 0.2) is 0 Å². The lowest BCUT2D eigenvalue weighted by atomic mass is 9.34. The highest BCUT2D eigenvalue weighted by molar-refractivity contribution is 8.01. The summed E-state index contributed by atoms with van der Waals surface area (Å²) in [5, 5.41) is 9.03. The molecule has 0 unspecified atom stereocenters. The van der Waals surface area contributed by atoms with Gasteiger partial charge in [0.05, 0.1) is 17.6 Å². The second-order valence-electron chi connectivity index (χ2n) is 14.7. The molecule has 0 saturated carbocycles. The molecule has 3 aromatic heterocycles. The Morgan fingerprint density at radius 3 is 1.75 bits per heavy atom. The third kappa shape index (κ3) is 4.79. The minimum absolute atomic E-state index is 0.0817. The fraction of sp³-hybridized carbons (Fsp3) is 0. The molecule has 0 N–H and O–H groups in total. The van der Waals surface area contributed by atoms with Crippen molar-refractivity contribution >= 4 is 69.7 Å². The van der Waals surface area contributed by atoms with Crippen LogP contribution in [0.15, 0.2) is 182 Å². The van der Waals surface area contributed by atoms with Gasteiger partial charge in [0, 0.05) is 61.0 Å². The van der Waals surface area contributed by atoms with Gasteiger partial charge < -0.3 is 13.9 Å². The maximum atomic E-state index is 6.54. The molecule has 0 fully saturated rings. The Morgan fingerprint density at radius 2 is 1.04 bits per heavy atom. The Labute approximate surface area is 336 Å². The van der Waals surface area contributed by atoms with Crippen LogP contribution in [0.1, 0.15) is 0 Å². The summed E-state index contributed by atoms with van der Waals surface area (Å²) in [6.07, 6.45) is 9.46. The van der Waals surface area contributed by atoms with Gasteiger partial charge in [-0.2, -0.15) is 10.2 Å². The van der Waals surface area contributed by atoms with Crippen LogP contribution in [0.25, 0.3) is 33.8 Å². The summed E-state index contributed by atoms with van der Waals surface area (Å²) in [6.45, 7) is 0.0139. The van der Waals surface area contributed by atoms with E-state index in [0.717, 1.165) is 73.2 Å². The van der Waals surface area contributed by atoms with E-state index in [9.17, 15) is 0 Å². The Bertz CT molecular complexity index is 2890. The van der Waals surface area contributed by atoms with Gasteiger partial charge >= 0.3 is 0 Å². The maximum Gasteiger partial charge on any atom is 0.260 e. The third-order valence-corrected chi connectivity index (χ3v) is 13.8. The molecule has 13 rings (SSSR count). The standard InChI is InChI=1S/C46H26B2N4O3S2/c1-5-38-45-39(6-1)55-37-14-11-30(51-19-3-17-49-51)24-33(37)47(45)32-21-27(9-13-36(32)54-38)29-23-40(53-26-29)28-10-15-41-34(22-28)48-35-25-31(52-20-4-18-50-52)12-16-42(35)57-44-8-2-7-43(56-41)46(44)48/h1-26H. The summed E-state index contributed by atoms with van der Waals surface area (Å²) < 4.78 is 23.3. The minimum atomic E-state index is -0.0817. The number of nitrogens with zero attached hydrogens (tertiary/aromatic N) is 4. The van der Waals surface area contributed by atoms with E-state index in [1.807, 2.05) is 100 Å². The quantitative estimate of drug-likeness (QED) is 0.176. The fourth-order valence-electron chi connectivity index (χ4n) is 8.95. The highest BCUT2D eigenvalue weighted by Crippen LogP contribution is 2.41. The Hall–Kier alpha value is -6.55. The monoisotopic (exact) mass is 768 g/mol. The first-order valence-corrected chi connectivity index (χ1v) is 20.5. The van der Waals surface area contributed by atoms with Crippen molar-refractivity contribution in [1.29, 1.82) is 0 Å². The number of benzene rings is 6. The number of rotatable bonds is 4. The predicted molar refractivity (Wildman–Crippen MR) is 227 cm³/mol. The molecule has 6 aromatic carbocycles. The smallest absolute Gasteiger partial charge is 0.260 e. The zero-order valence-electron chi connectivity index (χ0n) is 30.0. The highest BCUT2D eigenvalue weighted by Gasteiger charge is 2.41. The number of hydrogen-bond acceptors (Lipinski definition) is 7. The Balaban J connectivity index is 0.898. The summed E-state index contributed by atoms with van der Waals surface area (Å²) in [5.74, 6) is 4.13. The molecular weight excluding hydrogens is 742 g/mol. The summed E-state index contributed by atoms with van der Waals surface area (Å²) in [5.41, 5.74) is 12.3. The molecule has 9 aromatic rings. The molecule has 0 bridgehead atoms. The van der Waals surface area contributed by atoms with Crippen molar-refractivity contribution in [1.82, 2.24) is 19.6 Å². The molecule has 0 spiro atoms. The Morgan fingerprint density at radius 1 is 0.456 bits per heavy atom. The van der Waals surface area contributed by atoms with Crippen molar-refractivity contribution < 1.29 is 13.9 Å². The van der Waals surface area contributed by atoms with Crippen molar-refractivity contribution in [3.05, 3.63) is 158 Å². The lowest BCUT2D eigenvalue weighted by Gasteiger charge is -2.33. The molecule has 0 saturated heterocycles. The van der Waals surface area contributed by atoms with E-state index < -0.39 is 0 Å². The van der Waals surface area contributed by atoms with Crippen molar-refractivity contribution in [3.63, 3.8) is 0 Å². The van der Waals surface area contributed by atoms with Gasteiger partial charge in [0.25, 0.3) is 6.71 Å². The highest BCUT2D eigenvalue weighted by atomic mass is 32.2. The minimum Gasteiger partial charge on any atom is -0.464 e. The van der Waals surface area contributed by atoms with Crippen molar-refractivity contribution in [2.75, 3.05) is 0 Å². The average molecular weight is 768 g/mol. The molecule has 4 aliphatic rings. The van der Waals surface area contributed by atoms with Gasteiger partial charge in [-0.3, -0.25) is 0 Å².